The van der Waals surface area contributed by atoms with Gasteiger partial charge in [-0.1, -0.05) is 30.3 Å². The van der Waals surface area contributed by atoms with Gasteiger partial charge in [-0.2, -0.15) is 9.36 Å². The van der Waals surface area contributed by atoms with Crippen LogP contribution in [0.3, 0.4) is 0 Å². The molecule has 2 N–H and O–H groups in total. The molecule has 1 fully saturated rings. The third-order valence-corrected chi connectivity index (χ3v) is 4.53. The van der Waals surface area contributed by atoms with Gasteiger partial charge in [-0.25, -0.2) is 4.79 Å². The monoisotopic (exact) mass is 390 g/mol. The predicted molar refractivity (Wildman–Crippen MR) is 101 cm³/mol. The zero-order valence-electron chi connectivity index (χ0n) is 15.4. The predicted octanol–water partition coefficient (Wildman–Crippen LogP) is 2.51. The molecule has 8 nitrogen and oxygen atoms in total. The van der Waals surface area contributed by atoms with Gasteiger partial charge >= 0.3 is 6.09 Å². The quantitative estimate of drug-likeness (QED) is 0.834. The molecule has 1 aliphatic heterocycles. The van der Waals surface area contributed by atoms with Gasteiger partial charge in [0.15, 0.2) is 5.82 Å². The number of anilines is 1. The smallest absolute Gasteiger partial charge is 0.411 e. The zero-order valence-corrected chi connectivity index (χ0v) is 16.2. The first-order valence-electron chi connectivity index (χ1n) is 8.60. The van der Waals surface area contributed by atoms with E-state index < -0.39 is 29.7 Å². The maximum absolute atomic E-state index is 12.7. The van der Waals surface area contributed by atoms with Crippen molar-refractivity contribution < 1.29 is 19.4 Å². The molecule has 2 heterocycles. The highest BCUT2D eigenvalue weighted by Crippen LogP contribution is 2.25. The summed E-state index contributed by atoms with van der Waals surface area (Å²) in [6.45, 7) is 5.30. The van der Waals surface area contributed by atoms with Crippen molar-refractivity contribution in [3.8, 4) is 11.4 Å². The number of ether oxygens (including phenoxy) is 1. The van der Waals surface area contributed by atoms with Crippen molar-refractivity contribution in [2.75, 3.05) is 11.9 Å². The van der Waals surface area contributed by atoms with Crippen molar-refractivity contribution in [3.63, 3.8) is 0 Å². The summed E-state index contributed by atoms with van der Waals surface area (Å²) >= 11 is 1.06. The lowest BCUT2D eigenvalue weighted by molar-refractivity contribution is -0.120. The van der Waals surface area contributed by atoms with Crippen molar-refractivity contribution in [1.82, 2.24) is 14.3 Å². The molecule has 2 amide bonds. The Morgan fingerprint density at radius 2 is 2.00 bits per heavy atom. The molecule has 2 atom stereocenters. The van der Waals surface area contributed by atoms with Crippen LogP contribution in [-0.2, 0) is 9.53 Å². The second-order valence-corrected chi connectivity index (χ2v) is 8.07. The number of nitrogens with one attached hydrogen (secondary N) is 1. The van der Waals surface area contributed by atoms with E-state index >= 15 is 0 Å². The highest BCUT2D eigenvalue weighted by atomic mass is 32.1. The van der Waals surface area contributed by atoms with Crippen molar-refractivity contribution in [2.24, 2.45) is 0 Å². The molecule has 2 aromatic rings. The Morgan fingerprint density at radius 1 is 1.30 bits per heavy atom. The molecule has 2 unspecified atom stereocenters. The SMILES string of the molecule is CC(C)(C)OC(=O)N1CC(O)CC1C(=O)Nc1nc(-c2ccccc2)ns1. The number of benzene rings is 1. The van der Waals surface area contributed by atoms with Crippen LogP contribution in [0.4, 0.5) is 9.93 Å². The fourth-order valence-corrected chi connectivity index (χ4v) is 3.34. The first-order valence-corrected chi connectivity index (χ1v) is 9.38. The van der Waals surface area contributed by atoms with Crippen molar-refractivity contribution >= 4 is 28.7 Å². The molecule has 144 valence electrons. The fourth-order valence-electron chi connectivity index (χ4n) is 2.75. The van der Waals surface area contributed by atoms with Gasteiger partial charge in [0.2, 0.25) is 11.0 Å². The Labute approximate surface area is 161 Å². The normalized spacial score (nSPS) is 19.8. The number of likely N-dealkylation sites (tertiary alicyclic amines) is 1. The van der Waals surface area contributed by atoms with E-state index in [0.717, 1.165) is 17.1 Å². The zero-order chi connectivity index (χ0) is 19.6. The van der Waals surface area contributed by atoms with E-state index in [0.29, 0.717) is 11.0 Å². The molecule has 1 aromatic carbocycles. The molecule has 9 heteroatoms. The fraction of sp³-hybridized carbons (Fsp3) is 0.444. The molecule has 1 aliphatic rings. The van der Waals surface area contributed by atoms with E-state index in [1.54, 1.807) is 20.8 Å². The van der Waals surface area contributed by atoms with E-state index in [1.807, 2.05) is 30.3 Å². The number of hydrogen-bond acceptors (Lipinski definition) is 7. The van der Waals surface area contributed by atoms with Crippen LogP contribution in [0.15, 0.2) is 30.3 Å². The van der Waals surface area contributed by atoms with E-state index in [4.69, 9.17) is 4.74 Å². The summed E-state index contributed by atoms with van der Waals surface area (Å²) in [6, 6.07) is 8.60. The second kappa shape index (κ2) is 7.61. The number of rotatable bonds is 3. The molecule has 3 rings (SSSR count). The van der Waals surface area contributed by atoms with Crippen molar-refractivity contribution in [1.29, 1.82) is 0 Å². The average Bonchev–Trinajstić information content (AvgIpc) is 3.21. The van der Waals surface area contributed by atoms with Gasteiger partial charge < -0.3 is 9.84 Å². The van der Waals surface area contributed by atoms with E-state index in [1.165, 1.54) is 4.90 Å². The third-order valence-electron chi connectivity index (χ3n) is 3.90. The Bertz CT molecular complexity index is 818. The van der Waals surface area contributed by atoms with E-state index in [-0.39, 0.29) is 13.0 Å². The molecule has 1 aromatic heterocycles. The lowest BCUT2D eigenvalue weighted by Gasteiger charge is -2.27. The minimum atomic E-state index is -0.820. The van der Waals surface area contributed by atoms with Crippen LogP contribution in [-0.4, -0.2) is 55.7 Å². The summed E-state index contributed by atoms with van der Waals surface area (Å²) in [7, 11) is 0. The van der Waals surface area contributed by atoms with Gasteiger partial charge in [0.05, 0.1) is 12.6 Å². The number of aliphatic hydroxyl groups is 1. The molecule has 27 heavy (non-hydrogen) atoms. The number of amides is 2. The van der Waals surface area contributed by atoms with Crippen LogP contribution >= 0.6 is 11.5 Å². The number of aromatic nitrogens is 2. The summed E-state index contributed by atoms with van der Waals surface area (Å²) in [4.78, 5) is 30.6. The van der Waals surface area contributed by atoms with Crippen LogP contribution in [0.25, 0.3) is 11.4 Å². The first-order chi connectivity index (χ1) is 12.7. The molecule has 1 saturated heterocycles. The largest absolute Gasteiger partial charge is 0.444 e. The van der Waals surface area contributed by atoms with Crippen LogP contribution < -0.4 is 5.32 Å². The maximum Gasteiger partial charge on any atom is 0.411 e. The minimum absolute atomic E-state index is 0.0540. The van der Waals surface area contributed by atoms with Crippen LogP contribution in [0.1, 0.15) is 27.2 Å². The molecular weight excluding hydrogens is 368 g/mol. The maximum atomic E-state index is 12.7. The molecule has 0 bridgehead atoms. The number of aliphatic hydroxyl groups excluding tert-OH is 1. The van der Waals surface area contributed by atoms with Gasteiger partial charge in [0, 0.05) is 23.5 Å². The van der Waals surface area contributed by atoms with Gasteiger partial charge in [0.1, 0.15) is 11.6 Å². The Hall–Kier alpha value is -2.52. The molecule has 0 radical (unpaired) electrons. The van der Waals surface area contributed by atoms with Gasteiger partial charge in [-0.15, -0.1) is 0 Å². The molecular formula is C18H22N4O4S. The van der Waals surface area contributed by atoms with E-state index in [9.17, 15) is 14.7 Å². The second-order valence-electron chi connectivity index (χ2n) is 7.32. The third kappa shape index (κ3) is 4.81. The molecule has 0 saturated carbocycles. The van der Waals surface area contributed by atoms with Crippen LogP contribution in [0, 0.1) is 0 Å². The summed E-state index contributed by atoms with van der Waals surface area (Å²) in [6.07, 6.45) is -1.25. The topological polar surface area (TPSA) is 105 Å². The summed E-state index contributed by atoms with van der Waals surface area (Å²) in [5.74, 6) is 0.0968. The molecule has 0 aliphatic carbocycles. The number of β-amino-alcohol motifs (C(OH)–C–C–N with tert-alkyl or cyclic N) is 1. The molecule has 0 spiro atoms. The number of hydrogen-bond donors (Lipinski definition) is 2. The van der Waals surface area contributed by atoms with E-state index in [2.05, 4.69) is 14.7 Å². The summed E-state index contributed by atoms with van der Waals surface area (Å²) in [5.41, 5.74) is 0.163. The Balaban J connectivity index is 1.69. The lowest BCUT2D eigenvalue weighted by atomic mass is 10.2. The number of carbonyl (C=O) groups excluding carboxylic acids is 2. The standard InChI is InChI=1S/C18H22N4O4S/c1-18(2,3)26-17(25)22-10-12(23)9-13(22)15(24)20-16-19-14(21-27-16)11-7-5-4-6-8-11/h4-8,12-13,23H,9-10H2,1-3H3,(H,19,20,21,24). The Morgan fingerprint density at radius 3 is 2.67 bits per heavy atom. The first kappa shape index (κ1) is 19.2. The highest BCUT2D eigenvalue weighted by Gasteiger charge is 2.41. The van der Waals surface area contributed by atoms with Gasteiger partial charge in [-0.05, 0) is 20.8 Å². The minimum Gasteiger partial charge on any atom is -0.444 e. The van der Waals surface area contributed by atoms with Gasteiger partial charge in [-0.3, -0.25) is 15.0 Å². The highest BCUT2D eigenvalue weighted by molar-refractivity contribution is 7.10. The lowest BCUT2D eigenvalue weighted by Crippen LogP contribution is -2.45. The van der Waals surface area contributed by atoms with Crippen molar-refractivity contribution in [2.45, 2.75) is 44.9 Å². The van der Waals surface area contributed by atoms with Crippen molar-refractivity contribution in [3.05, 3.63) is 30.3 Å². The van der Waals surface area contributed by atoms with Crippen LogP contribution in [0.2, 0.25) is 0 Å². The Kier molecular flexibility index (Phi) is 5.43. The summed E-state index contributed by atoms with van der Waals surface area (Å²) < 4.78 is 9.58. The average molecular weight is 390 g/mol. The number of nitrogens with zero attached hydrogens (tertiary/aromatic N) is 3. The number of carbonyl (C=O) groups is 2. The van der Waals surface area contributed by atoms with Gasteiger partial charge in [0.25, 0.3) is 0 Å². The van der Waals surface area contributed by atoms with Crippen LogP contribution in [0.5, 0.6) is 0 Å². The summed E-state index contributed by atoms with van der Waals surface area (Å²) in [5, 5.41) is 13.0.